The molecule has 7 heteroatoms. The van der Waals surface area contributed by atoms with Crippen molar-refractivity contribution in [3.05, 3.63) is 35.2 Å². The highest BCUT2D eigenvalue weighted by atomic mass is 32.2. The van der Waals surface area contributed by atoms with Crippen molar-refractivity contribution in [2.24, 2.45) is 5.41 Å². The smallest absolute Gasteiger partial charge is 0.209 e. The van der Waals surface area contributed by atoms with E-state index >= 15 is 0 Å². The number of ether oxygens (including phenoxy) is 2. The van der Waals surface area contributed by atoms with Gasteiger partial charge in [0.05, 0.1) is 36.9 Å². The van der Waals surface area contributed by atoms with Gasteiger partial charge in [0.25, 0.3) is 0 Å². The molecule has 0 spiro atoms. The molecule has 1 aromatic heterocycles. The summed E-state index contributed by atoms with van der Waals surface area (Å²) in [5.74, 6) is 1.74. The molecular formula is C21H25N3O3S. The van der Waals surface area contributed by atoms with Crippen LogP contribution in [0.1, 0.15) is 61.3 Å². The van der Waals surface area contributed by atoms with Crippen LogP contribution in [0.4, 0.5) is 0 Å². The molecule has 2 atom stereocenters. The highest BCUT2D eigenvalue weighted by Crippen LogP contribution is 2.66. The van der Waals surface area contributed by atoms with Gasteiger partial charge in [0.2, 0.25) is 5.16 Å². The lowest BCUT2D eigenvalue weighted by Crippen LogP contribution is -2.32. The number of hydrogen-bond donors (Lipinski definition) is 0. The summed E-state index contributed by atoms with van der Waals surface area (Å²) in [6.07, 6.45) is 2.27. The van der Waals surface area contributed by atoms with Crippen LogP contribution in [0, 0.1) is 5.41 Å². The summed E-state index contributed by atoms with van der Waals surface area (Å²) in [5.41, 5.74) is 2.78. The Labute approximate surface area is 169 Å². The number of hydrogen-bond acceptors (Lipinski definition) is 7. The van der Waals surface area contributed by atoms with E-state index in [9.17, 15) is 4.79 Å². The van der Waals surface area contributed by atoms with E-state index in [0.29, 0.717) is 28.1 Å². The van der Waals surface area contributed by atoms with Gasteiger partial charge in [-0.1, -0.05) is 32.5 Å². The molecule has 6 nitrogen and oxygen atoms in total. The molecule has 2 bridgehead atoms. The summed E-state index contributed by atoms with van der Waals surface area (Å²) in [6, 6.07) is 5.21. The van der Waals surface area contributed by atoms with Gasteiger partial charge in [-0.2, -0.15) is 5.10 Å². The van der Waals surface area contributed by atoms with E-state index in [0.717, 1.165) is 24.2 Å². The summed E-state index contributed by atoms with van der Waals surface area (Å²) in [5, 5.41) is 9.36. The first-order valence-electron chi connectivity index (χ1n) is 9.45. The first-order chi connectivity index (χ1) is 13.3. The molecule has 0 amide bonds. The molecule has 0 radical (unpaired) electrons. The van der Waals surface area contributed by atoms with Gasteiger partial charge in [0.15, 0.2) is 5.78 Å². The first kappa shape index (κ1) is 19.2. The van der Waals surface area contributed by atoms with Crippen LogP contribution in [0.25, 0.3) is 0 Å². The Hall–Kier alpha value is -2.15. The van der Waals surface area contributed by atoms with Crippen molar-refractivity contribution in [3.8, 4) is 11.5 Å². The lowest BCUT2D eigenvalue weighted by atomic mass is 9.70. The third kappa shape index (κ3) is 2.70. The maximum atomic E-state index is 12.8. The molecular weight excluding hydrogens is 374 g/mol. The van der Waals surface area contributed by atoms with Gasteiger partial charge in [-0.3, -0.25) is 4.79 Å². The van der Waals surface area contributed by atoms with Crippen molar-refractivity contribution in [2.45, 2.75) is 50.1 Å². The molecule has 0 N–H and O–H groups in total. The number of rotatable bonds is 6. The van der Waals surface area contributed by atoms with Gasteiger partial charge in [-0.25, -0.2) is 4.98 Å². The maximum absolute atomic E-state index is 12.8. The second-order valence-electron chi connectivity index (χ2n) is 8.25. The van der Waals surface area contributed by atoms with Crippen LogP contribution >= 0.6 is 11.8 Å². The zero-order valence-electron chi connectivity index (χ0n) is 16.9. The molecule has 1 heterocycles. The second-order valence-corrected chi connectivity index (χ2v) is 9.19. The minimum absolute atomic E-state index is 0.0261. The third-order valence-corrected chi connectivity index (χ3v) is 7.65. The van der Waals surface area contributed by atoms with Gasteiger partial charge < -0.3 is 9.47 Å². The van der Waals surface area contributed by atoms with Crippen LogP contribution in [0.3, 0.4) is 0 Å². The SMILES string of the molecule is COc1ccc(OC)c(C(=O)CSc2nnc3c(n2)[C@]2(C)CC[C@@H]3C2(C)C)c1. The Morgan fingerprint density at radius 2 is 2.00 bits per heavy atom. The summed E-state index contributed by atoms with van der Waals surface area (Å²) in [7, 11) is 3.13. The average molecular weight is 400 g/mol. The van der Waals surface area contributed by atoms with Crippen LogP contribution in [-0.4, -0.2) is 40.9 Å². The molecule has 1 saturated carbocycles. The predicted octanol–water partition coefficient (Wildman–Crippen LogP) is 4.04. The number of carbonyl (C=O) groups is 1. The van der Waals surface area contributed by atoms with Gasteiger partial charge >= 0.3 is 0 Å². The fourth-order valence-corrected chi connectivity index (χ4v) is 5.33. The number of Topliss-reactive ketones (excluding diaryl/α,β-unsaturated/α-hetero) is 1. The van der Waals surface area contributed by atoms with Crippen molar-refractivity contribution >= 4 is 17.5 Å². The van der Waals surface area contributed by atoms with Crippen LogP contribution in [-0.2, 0) is 5.41 Å². The second kappa shape index (κ2) is 6.72. The number of thioether (sulfide) groups is 1. The number of methoxy groups -OCH3 is 2. The number of carbonyl (C=O) groups excluding carboxylic acids is 1. The van der Waals surface area contributed by atoms with E-state index in [1.807, 2.05) is 0 Å². The number of benzene rings is 1. The number of ketones is 1. The Balaban J connectivity index is 1.54. The minimum Gasteiger partial charge on any atom is -0.497 e. The molecule has 1 aromatic carbocycles. The number of fused-ring (bicyclic) bond motifs is 5. The van der Waals surface area contributed by atoms with E-state index in [-0.39, 0.29) is 22.4 Å². The summed E-state index contributed by atoms with van der Waals surface area (Å²) in [4.78, 5) is 17.6. The molecule has 2 aromatic rings. The van der Waals surface area contributed by atoms with Crippen molar-refractivity contribution in [2.75, 3.05) is 20.0 Å². The average Bonchev–Trinajstić information content (AvgIpc) is 3.04. The van der Waals surface area contributed by atoms with Crippen LogP contribution in [0.15, 0.2) is 23.4 Å². The molecule has 28 heavy (non-hydrogen) atoms. The molecule has 2 aliphatic rings. The molecule has 0 aliphatic heterocycles. The Kier molecular flexibility index (Phi) is 4.61. The van der Waals surface area contributed by atoms with Crippen molar-refractivity contribution in [1.29, 1.82) is 0 Å². The van der Waals surface area contributed by atoms with Gasteiger partial charge in [0, 0.05) is 11.3 Å². The van der Waals surface area contributed by atoms with Crippen molar-refractivity contribution in [3.63, 3.8) is 0 Å². The largest absolute Gasteiger partial charge is 0.497 e. The standard InChI is InChI=1S/C21H25N3O3S/c1-20(2)14-8-9-21(20,3)18-17(14)23-24-19(22-18)28-11-15(25)13-10-12(26-4)6-7-16(13)27-5/h6-7,10,14H,8-9,11H2,1-5H3/t14-,21-/m0/s1. The fraction of sp³-hybridized carbons (Fsp3) is 0.524. The molecule has 148 valence electrons. The zero-order chi connectivity index (χ0) is 20.1. The van der Waals surface area contributed by atoms with Gasteiger partial charge in [-0.15, -0.1) is 5.10 Å². The van der Waals surface area contributed by atoms with E-state index in [1.165, 1.54) is 11.8 Å². The van der Waals surface area contributed by atoms with Gasteiger partial charge in [-0.05, 0) is 36.5 Å². The highest BCUT2D eigenvalue weighted by Gasteiger charge is 2.61. The lowest BCUT2D eigenvalue weighted by molar-refractivity contribution is 0.101. The summed E-state index contributed by atoms with van der Waals surface area (Å²) in [6.45, 7) is 6.90. The van der Waals surface area contributed by atoms with Crippen molar-refractivity contribution < 1.29 is 14.3 Å². The van der Waals surface area contributed by atoms with E-state index in [2.05, 4.69) is 31.0 Å². The lowest BCUT2D eigenvalue weighted by Gasteiger charge is -2.33. The van der Waals surface area contributed by atoms with Crippen LogP contribution in [0.5, 0.6) is 11.5 Å². The molecule has 1 fully saturated rings. The van der Waals surface area contributed by atoms with Crippen LogP contribution < -0.4 is 9.47 Å². The normalized spacial score (nSPS) is 24.1. The molecule has 0 saturated heterocycles. The molecule has 2 aliphatic carbocycles. The number of aromatic nitrogens is 3. The predicted molar refractivity (Wildman–Crippen MR) is 108 cm³/mol. The minimum atomic E-state index is -0.0575. The summed E-state index contributed by atoms with van der Waals surface area (Å²) < 4.78 is 10.5. The Bertz CT molecular complexity index is 946. The van der Waals surface area contributed by atoms with E-state index in [4.69, 9.17) is 14.5 Å². The fourth-order valence-electron chi connectivity index (χ4n) is 4.66. The Morgan fingerprint density at radius 1 is 1.21 bits per heavy atom. The number of nitrogens with zero attached hydrogens (tertiary/aromatic N) is 3. The van der Waals surface area contributed by atoms with E-state index < -0.39 is 0 Å². The third-order valence-electron chi connectivity index (χ3n) is 6.81. The maximum Gasteiger partial charge on any atom is 0.209 e. The quantitative estimate of drug-likeness (QED) is 0.536. The monoisotopic (exact) mass is 399 g/mol. The van der Waals surface area contributed by atoms with Crippen LogP contribution in [0.2, 0.25) is 0 Å². The Morgan fingerprint density at radius 3 is 2.71 bits per heavy atom. The van der Waals surface area contributed by atoms with Crippen molar-refractivity contribution in [1.82, 2.24) is 15.2 Å². The zero-order valence-corrected chi connectivity index (χ0v) is 17.7. The molecule has 4 rings (SSSR count). The summed E-state index contributed by atoms with van der Waals surface area (Å²) >= 11 is 1.32. The van der Waals surface area contributed by atoms with E-state index in [1.54, 1.807) is 32.4 Å². The highest BCUT2D eigenvalue weighted by molar-refractivity contribution is 7.99. The first-order valence-corrected chi connectivity index (χ1v) is 10.4. The van der Waals surface area contributed by atoms with Gasteiger partial charge in [0.1, 0.15) is 11.5 Å². The topological polar surface area (TPSA) is 74.2 Å². The molecule has 0 unspecified atom stereocenters.